The fourth-order valence-electron chi connectivity index (χ4n) is 4.75. The Labute approximate surface area is 197 Å². The molecule has 1 aliphatic carbocycles. The summed E-state index contributed by atoms with van der Waals surface area (Å²) in [7, 11) is 3.41. The molecule has 176 valence electrons. The molecule has 4 rings (SSSR count). The molecule has 3 aromatic rings. The van der Waals surface area contributed by atoms with Crippen molar-refractivity contribution in [1.29, 1.82) is 5.26 Å². The van der Waals surface area contributed by atoms with E-state index in [4.69, 9.17) is 5.73 Å². The van der Waals surface area contributed by atoms with E-state index in [1.54, 1.807) is 43.2 Å². The van der Waals surface area contributed by atoms with Gasteiger partial charge in [-0.25, -0.2) is 4.98 Å². The lowest BCUT2D eigenvalue weighted by molar-refractivity contribution is -0.119. The summed E-state index contributed by atoms with van der Waals surface area (Å²) in [6.07, 6.45) is 7.02. The van der Waals surface area contributed by atoms with Crippen molar-refractivity contribution in [1.82, 2.24) is 24.5 Å². The molecule has 0 aliphatic heterocycles. The summed E-state index contributed by atoms with van der Waals surface area (Å²) in [4.78, 5) is 29.6. The molecule has 1 saturated carbocycles. The highest BCUT2D eigenvalue weighted by atomic mass is 16.2. The van der Waals surface area contributed by atoms with Crippen LogP contribution in [-0.4, -0.2) is 36.4 Å². The minimum absolute atomic E-state index is 0.110. The van der Waals surface area contributed by atoms with Crippen LogP contribution < -0.4 is 11.1 Å². The quantitative estimate of drug-likeness (QED) is 0.579. The molecule has 1 fully saturated rings. The zero-order valence-corrected chi connectivity index (χ0v) is 19.5. The zero-order valence-electron chi connectivity index (χ0n) is 19.5. The summed E-state index contributed by atoms with van der Waals surface area (Å²) in [5.41, 5.74) is 8.12. The minimum Gasteiger partial charge on any atom is -0.364 e. The van der Waals surface area contributed by atoms with Crippen molar-refractivity contribution in [2.24, 2.45) is 31.7 Å². The number of anilines is 1. The highest BCUT2D eigenvalue weighted by Gasteiger charge is 2.35. The lowest BCUT2D eigenvalue weighted by atomic mass is 9.75. The van der Waals surface area contributed by atoms with E-state index in [0.717, 1.165) is 31.2 Å². The minimum atomic E-state index is -0.582. The molecular formula is C24H28N8O2. The van der Waals surface area contributed by atoms with Gasteiger partial charge in [0, 0.05) is 25.9 Å². The van der Waals surface area contributed by atoms with Gasteiger partial charge in [-0.05, 0) is 42.9 Å². The van der Waals surface area contributed by atoms with Crippen molar-refractivity contribution in [2.75, 3.05) is 5.32 Å². The van der Waals surface area contributed by atoms with Gasteiger partial charge in [0.25, 0.3) is 5.91 Å². The zero-order chi connectivity index (χ0) is 24.4. The van der Waals surface area contributed by atoms with Gasteiger partial charge in [0.2, 0.25) is 5.91 Å². The number of rotatable bonds is 6. The van der Waals surface area contributed by atoms with Crippen LogP contribution in [0.5, 0.6) is 0 Å². The van der Waals surface area contributed by atoms with Gasteiger partial charge in [-0.15, -0.1) is 0 Å². The van der Waals surface area contributed by atoms with Crippen LogP contribution in [0.15, 0.2) is 30.6 Å². The van der Waals surface area contributed by atoms with E-state index in [9.17, 15) is 14.9 Å². The number of hydrogen-bond donors (Lipinski definition) is 2. The Morgan fingerprint density at radius 2 is 1.91 bits per heavy atom. The molecule has 0 aromatic carbocycles. The highest BCUT2D eigenvalue weighted by molar-refractivity contribution is 5.96. The number of nitrogens with one attached hydrogen (secondary N) is 1. The molecule has 0 spiro atoms. The monoisotopic (exact) mass is 460 g/mol. The maximum Gasteiger partial charge on any atom is 0.266 e. The molecule has 2 amide bonds. The van der Waals surface area contributed by atoms with Gasteiger partial charge in [-0.1, -0.05) is 19.8 Å². The van der Waals surface area contributed by atoms with Gasteiger partial charge in [-0.2, -0.15) is 15.5 Å². The average molecular weight is 461 g/mol. The van der Waals surface area contributed by atoms with Crippen LogP contribution in [0.3, 0.4) is 0 Å². The summed E-state index contributed by atoms with van der Waals surface area (Å²) in [6, 6.07) is 7.24. The fourth-order valence-corrected chi connectivity index (χ4v) is 4.75. The Balaban J connectivity index is 1.59. The lowest BCUT2D eigenvalue weighted by Crippen LogP contribution is -2.30. The smallest absolute Gasteiger partial charge is 0.266 e. The molecule has 0 saturated heterocycles. The summed E-state index contributed by atoms with van der Waals surface area (Å²) >= 11 is 0. The third-order valence-corrected chi connectivity index (χ3v) is 6.63. The third-order valence-electron chi connectivity index (χ3n) is 6.63. The fraction of sp³-hybridized carbons (Fsp3) is 0.417. The first-order valence-electron chi connectivity index (χ1n) is 11.3. The Morgan fingerprint density at radius 3 is 2.50 bits per heavy atom. The number of nitriles is 1. The van der Waals surface area contributed by atoms with E-state index in [0.29, 0.717) is 28.7 Å². The van der Waals surface area contributed by atoms with Gasteiger partial charge < -0.3 is 11.1 Å². The number of primary amides is 1. The van der Waals surface area contributed by atoms with Crippen LogP contribution >= 0.6 is 0 Å². The molecule has 0 bridgehead atoms. The van der Waals surface area contributed by atoms with Gasteiger partial charge in [0.15, 0.2) is 0 Å². The number of hydrogen-bond acceptors (Lipinski definition) is 6. The van der Waals surface area contributed by atoms with Crippen molar-refractivity contribution < 1.29 is 9.59 Å². The SMILES string of the molecule is CC1CCC(C(C(=O)Nc2ccc(-c3c(C#N)cnn3C)cn2)c2cc(C(N)=O)n(C)n2)CC1. The summed E-state index contributed by atoms with van der Waals surface area (Å²) in [6.45, 7) is 2.22. The Hall–Kier alpha value is -4.00. The molecular weight excluding hydrogens is 432 g/mol. The summed E-state index contributed by atoms with van der Waals surface area (Å²) in [5.74, 6) is -0.178. The first kappa shape index (κ1) is 23.2. The first-order valence-corrected chi connectivity index (χ1v) is 11.3. The average Bonchev–Trinajstić information content (AvgIpc) is 3.38. The molecule has 1 aliphatic rings. The number of amides is 2. The van der Waals surface area contributed by atoms with Crippen LogP contribution in [0.4, 0.5) is 5.82 Å². The molecule has 3 heterocycles. The second-order valence-corrected chi connectivity index (χ2v) is 9.00. The molecule has 34 heavy (non-hydrogen) atoms. The number of carbonyl (C=O) groups excluding carboxylic acids is 2. The van der Waals surface area contributed by atoms with E-state index in [1.807, 2.05) is 0 Å². The summed E-state index contributed by atoms with van der Waals surface area (Å²) in [5, 5.41) is 20.8. The highest BCUT2D eigenvalue weighted by Crippen LogP contribution is 2.38. The van der Waals surface area contributed by atoms with Crippen LogP contribution in [0.1, 0.15) is 60.3 Å². The van der Waals surface area contributed by atoms with Crippen molar-refractivity contribution in [2.45, 2.75) is 38.5 Å². The molecule has 10 heteroatoms. The van der Waals surface area contributed by atoms with Crippen molar-refractivity contribution in [3.8, 4) is 17.3 Å². The van der Waals surface area contributed by atoms with Gasteiger partial charge in [0.05, 0.1) is 29.1 Å². The van der Waals surface area contributed by atoms with E-state index in [2.05, 4.69) is 33.5 Å². The van der Waals surface area contributed by atoms with Crippen molar-refractivity contribution in [3.63, 3.8) is 0 Å². The predicted molar refractivity (Wildman–Crippen MR) is 125 cm³/mol. The number of carbonyl (C=O) groups is 2. The Kier molecular flexibility index (Phi) is 6.45. The Morgan fingerprint density at radius 1 is 1.18 bits per heavy atom. The molecule has 0 radical (unpaired) electrons. The topological polar surface area (TPSA) is 145 Å². The predicted octanol–water partition coefficient (Wildman–Crippen LogP) is 2.73. The number of aryl methyl sites for hydroxylation is 2. The van der Waals surface area contributed by atoms with Crippen molar-refractivity contribution >= 4 is 17.6 Å². The molecule has 10 nitrogen and oxygen atoms in total. The lowest BCUT2D eigenvalue weighted by Gasteiger charge is -2.31. The van der Waals surface area contributed by atoms with Gasteiger partial charge >= 0.3 is 0 Å². The largest absolute Gasteiger partial charge is 0.364 e. The van der Waals surface area contributed by atoms with Crippen LogP contribution in [0, 0.1) is 23.2 Å². The van der Waals surface area contributed by atoms with Gasteiger partial charge in [0.1, 0.15) is 17.6 Å². The molecule has 3 N–H and O–H groups in total. The maximum atomic E-state index is 13.5. The second-order valence-electron chi connectivity index (χ2n) is 9.00. The number of aromatic nitrogens is 5. The standard InChI is InChI=1S/C24H28N8O2/c1-14-4-6-15(7-5-14)21(18-10-19(23(26)33)31(2)30-18)24(34)29-20-9-8-16(12-27-20)22-17(11-25)13-28-32(22)3/h8-10,12-15,21H,4-7H2,1-3H3,(H2,26,33)(H,27,29,34). The molecule has 1 atom stereocenters. The number of pyridine rings is 1. The first-order chi connectivity index (χ1) is 16.3. The van der Waals surface area contributed by atoms with Crippen LogP contribution in [-0.2, 0) is 18.9 Å². The van der Waals surface area contributed by atoms with Crippen LogP contribution in [0.2, 0.25) is 0 Å². The van der Waals surface area contributed by atoms with E-state index >= 15 is 0 Å². The number of nitrogens with two attached hydrogens (primary N) is 1. The van der Waals surface area contributed by atoms with Crippen molar-refractivity contribution in [3.05, 3.63) is 47.5 Å². The van der Waals surface area contributed by atoms with Gasteiger partial charge in [-0.3, -0.25) is 19.0 Å². The second kappa shape index (κ2) is 9.47. The van der Waals surface area contributed by atoms with E-state index < -0.39 is 11.8 Å². The van der Waals surface area contributed by atoms with Crippen LogP contribution in [0.25, 0.3) is 11.3 Å². The summed E-state index contributed by atoms with van der Waals surface area (Å²) < 4.78 is 3.04. The number of nitrogens with zero attached hydrogens (tertiary/aromatic N) is 6. The Bertz CT molecular complexity index is 1240. The molecule has 1 unspecified atom stereocenters. The van der Waals surface area contributed by atoms with E-state index in [1.165, 1.54) is 10.9 Å². The maximum absolute atomic E-state index is 13.5. The molecule has 3 aromatic heterocycles. The normalized spacial score (nSPS) is 18.8. The van der Waals surface area contributed by atoms with E-state index in [-0.39, 0.29) is 17.5 Å². The third kappa shape index (κ3) is 4.55.